The molecule has 0 bridgehead atoms. The van der Waals surface area contributed by atoms with Crippen LogP contribution in [0, 0.1) is 5.41 Å². The van der Waals surface area contributed by atoms with Crippen molar-refractivity contribution in [2.75, 3.05) is 98.2 Å². The summed E-state index contributed by atoms with van der Waals surface area (Å²) in [6, 6.07) is 0. The molecule has 9 heteroatoms. The van der Waals surface area contributed by atoms with Gasteiger partial charge in [-0.3, -0.25) is 0 Å². The lowest BCUT2D eigenvalue weighted by Crippen LogP contribution is -2.64. The average molecular weight is 484 g/mol. The van der Waals surface area contributed by atoms with Crippen LogP contribution < -0.4 is 42.5 Å². The van der Waals surface area contributed by atoms with Crippen LogP contribution in [0.15, 0.2) is 0 Å². The van der Waals surface area contributed by atoms with Crippen LogP contribution in [-0.2, 0) is 0 Å². The Morgan fingerprint density at radius 3 is 1.88 bits per heavy atom. The second-order valence-electron chi connectivity index (χ2n) is 9.64. The molecule has 0 unspecified atom stereocenters. The summed E-state index contributed by atoms with van der Waals surface area (Å²) in [7, 11) is 0. The van der Waals surface area contributed by atoms with Gasteiger partial charge in [0.2, 0.25) is 0 Å². The Kier molecular flexibility index (Phi) is 21.0. The first-order valence-corrected chi connectivity index (χ1v) is 13.9. The third kappa shape index (κ3) is 18.6. The molecule has 34 heavy (non-hydrogen) atoms. The van der Waals surface area contributed by atoms with E-state index in [0.29, 0.717) is 0 Å². The number of hydrogen-bond donors (Lipinski definition) is 9. The minimum Gasteiger partial charge on any atom is -0.315 e. The van der Waals surface area contributed by atoms with Crippen molar-refractivity contribution >= 4 is 5.71 Å². The molecule has 0 aromatic carbocycles. The second kappa shape index (κ2) is 22.8. The third-order valence-electron chi connectivity index (χ3n) is 6.22. The molecule has 0 amide bonds. The minimum absolute atomic E-state index is 0.0117. The van der Waals surface area contributed by atoms with Gasteiger partial charge in [0.15, 0.2) is 0 Å². The zero-order valence-corrected chi connectivity index (χ0v) is 22.3. The average Bonchev–Trinajstić information content (AvgIpc) is 2.82. The van der Waals surface area contributed by atoms with Crippen LogP contribution in [0.4, 0.5) is 0 Å². The van der Waals surface area contributed by atoms with Crippen LogP contribution in [0.5, 0.6) is 0 Å². The SMILES string of the molecule is CCNC1(CNCCNCCNCCCCCCC(C)=N)CNCCNCCCNCCNC1. The maximum atomic E-state index is 7.45. The predicted molar refractivity (Wildman–Crippen MR) is 148 cm³/mol. The molecule has 9 nitrogen and oxygen atoms in total. The lowest BCUT2D eigenvalue weighted by molar-refractivity contribution is 0.284. The largest absolute Gasteiger partial charge is 0.315 e. The molecule has 0 saturated carbocycles. The first-order chi connectivity index (χ1) is 16.7. The van der Waals surface area contributed by atoms with Gasteiger partial charge in [0, 0.05) is 77.7 Å². The fourth-order valence-corrected chi connectivity index (χ4v) is 4.27. The number of unbranched alkanes of at least 4 members (excludes halogenated alkanes) is 3. The van der Waals surface area contributed by atoms with Crippen molar-refractivity contribution in [2.24, 2.45) is 0 Å². The Bertz CT molecular complexity index is 448. The van der Waals surface area contributed by atoms with Gasteiger partial charge >= 0.3 is 0 Å². The second-order valence-corrected chi connectivity index (χ2v) is 9.64. The van der Waals surface area contributed by atoms with Crippen molar-refractivity contribution in [1.82, 2.24) is 42.5 Å². The molecule has 0 aromatic rings. The molecule has 1 aliphatic rings. The molecule has 1 saturated heterocycles. The molecule has 0 aliphatic carbocycles. The standard InChI is InChI=1S/C25H57N9/c1-3-34-25(21-31-18-15-28-11-8-12-29-16-19-32-22-25)23-33-20-17-30-14-13-27-10-7-5-4-6-9-24(2)26/h26-34H,3-23H2,1-2H3. The van der Waals surface area contributed by atoms with Crippen LogP contribution in [0.2, 0.25) is 0 Å². The summed E-state index contributed by atoms with van der Waals surface area (Å²) in [6.07, 6.45) is 7.06. The van der Waals surface area contributed by atoms with Gasteiger partial charge in [-0.2, -0.15) is 0 Å². The molecular weight excluding hydrogens is 426 g/mol. The van der Waals surface area contributed by atoms with E-state index < -0.39 is 0 Å². The van der Waals surface area contributed by atoms with Gasteiger partial charge in [-0.25, -0.2) is 0 Å². The smallest absolute Gasteiger partial charge is 0.0558 e. The van der Waals surface area contributed by atoms with E-state index in [4.69, 9.17) is 5.41 Å². The highest BCUT2D eigenvalue weighted by Gasteiger charge is 2.28. The molecule has 9 N–H and O–H groups in total. The summed E-state index contributed by atoms with van der Waals surface area (Å²) in [5.41, 5.74) is 0.823. The molecule has 1 heterocycles. The summed E-state index contributed by atoms with van der Waals surface area (Å²) < 4.78 is 0. The maximum absolute atomic E-state index is 7.45. The van der Waals surface area contributed by atoms with E-state index in [0.717, 1.165) is 110 Å². The Balaban J connectivity index is 2.14. The van der Waals surface area contributed by atoms with Crippen molar-refractivity contribution in [3.05, 3.63) is 0 Å². The Morgan fingerprint density at radius 1 is 0.706 bits per heavy atom. The van der Waals surface area contributed by atoms with E-state index in [1.54, 1.807) is 0 Å². The summed E-state index contributed by atoms with van der Waals surface area (Å²) in [5, 5.41) is 36.3. The molecule has 0 aromatic heterocycles. The van der Waals surface area contributed by atoms with Gasteiger partial charge in [0.1, 0.15) is 0 Å². The summed E-state index contributed by atoms with van der Waals surface area (Å²) in [5.74, 6) is 0. The van der Waals surface area contributed by atoms with Gasteiger partial charge < -0.3 is 47.9 Å². The van der Waals surface area contributed by atoms with E-state index in [1.807, 2.05) is 6.92 Å². The van der Waals surface area contributed by atoms with Crippen molar-refractivity contribution in [2.45, 2.75) is 57.9 Å². The van der Waals surface area contributed by atoms with E-state index >= 15 is 0 Å². The van der Waals surface area contributed by atoms with Crippen molar-refractivity contribution < 1.29 is 0 Å². The number of hydrogen-bond acceptors (Lipinski definition) is 9. The highest BCUT2D eigenvalue weighted by atomic mass is 15.1. The van der Waals surface area contributed by atoms with Gasteiger partial charge in [-0.1, -0.05) is 19.8 Å². The Labute approximate surface area is 210 Å². The number of nitrogens with one attached hydrogen (secondary N) is 9. The zero-order chi connectivity index (χ0) is 24.6. The third-order valence-corrected chi connectivity index (χ3v) is 6.22. The fraction of sp³-hybridized carbons (Fsp3) is 0.960. The molecular formula is C25H57N9. The zero-order valence-electron chi connectivity index (χ0n) is 22.3. The first-order valence-electron chi connectivity index (χ1n) is 13.9. The van der Waals surface area contributed by atoms with Crippen LogP contribution in [0.1, 0.15) is 52.4 Å². The molecule has 0 radical (unpaired) electrons. The first kappa shape index (κ1) is 31.4. The van der Waals surface area contributed by atoms with Crippen LogP contribution >= 0.6 is 0 Å². The molecule has 1 rings (SSSR count). The van der Waals surface area contributed by atoms with Crippen LogP contribution in [-0.4, -0.2) is 109 Å². The normalized spacial score (nSPS) is 18.4. The van der Waals surface area contributed by atoms with Gasteiger partial charge in [-0.15, -0.1) is 0 Å². The van der Waals surface area contributed by atoms with Crippen LogP contribution in [0.25, 0.3) is 0 Å². The maximum Gasteiger partial charge on any atom is 0.0558 e. The summed E-state index contributed by atoms with van der Waals surface area (Å²) in [4.78, 5) is 0. The van der Waals surface area contributed by atoms with E-state index in [9.17, 15) is 0 Å². The highest BCUT2D eigenvalue weighted by molar-refractivity contribution is 5.78. The lowest BCUT2D eigenvalue weighted by Gasteiger charge is -2.36. The van der Waals surface area contributed by atoms with Gasteiger partial charge in [0.25, 0.3) is 0 Å². The van der Waals surface area contributed by atoms with Crippen molar-refractivity contribution in [1.29, 1.82) is 5.41 Å². The molecule has 1 aliphatic heterocycles. The molecule has 1 fully saturated rings. The monoisotopic (exact) mass is 483 g/mol. The van der Waals surface area contributed by atoms with Crippen molar-refractivity contribution in [3.63, 3.8) is 0 Å². The quantitative estimate of drug-likeness (QED) is 0.104. The Hall–Kier alpha value is -0.650. The fourth-order valence-electron chi connectivity index (χ4n) is 4.27. The Morgan fingerprint density at radius 2 is 1.26 bits per heavy atom. The number of likely N-dealkylation sites (N-methyl/N-ethyl adjacent to an activating group) is 1. The van der Waals surface area contributed by atoms with Crippen LogP contribution in [0.3, 0.4) is 0 Å². The lowest BCUT2D eigenvalue weighted by atomic mass is 9.98. The summed E-state index contributed by atoms with van der Waals surface area (Å²) in [6.45, 7) is 19.2. The number of rotatable bonds is 17. The topological polar surface area (TPSA) is 120 Å². The summed E-state index contributed by atoms with van der Waals surface area (Å²) >= 11 is 0. The van der Waals surface area contributed by atoms with Gasteiger partial charge in [-0.05, 0) is 58.8 Å². The van der Waals surface area contributed by atoms with E-state index in [1.165, 1.54) is 32.1 Å². The van der Waals surface area contributed by atoms with E-state index in [2.05, 4.69) is 49.5 Å². The highest BCUT2D eigenvalue weighted by Crippen LogP contribution is 2.03. The molecule has 202 valence electrons. The molecule has 0 atom stereocenters. The molecule has 0 spiro atoms. The minimum atomic E-state index is 0.0117. The van der Waals surface area contributed by atoms with E-state index in [-0.39, 0.29) is 5.54 Å². The predicted octanol–water partition coefficient (Wildman–Crippen LogP) is -0.144. The van der Waals surface area contributed by atoms with Gasteiger partial charge in [0.05, 0.1) is 5.54 Å². The van der Waals surface area contributed by atoms with Crippen molar-refractivity contribution in [3.8, 4) is 0 Å².